The first-order valence-electron chi connectivity index (χ1n) is 7.08. The fraction of sp³-hybridized carbons (Fsp3) is 0.667. The van der Waals surface area contributed by atoms with E-state index in [4.69, 9.17) is 0 Å². The Morgan fingerprint density at radius 2 is 1.87 bits per heavy atom. The standard InChI is InChI=1S/C12H14F4N6S/c13-8(14)12(10-17-4-7-23-10,21-5-2-1-3-6-21)9-18-20-22(19-9)11(15)16/h4,7-8,11H,1-3,5-6H2. The Balaban J connectivity index is 2.14. The van der Waals surface area contributed by atoms with Crippen molar-refractivity contribution in [3.05, 3.63) is 22.4 Å². The van der Waals surface area contributed by atoms with Crippen molar-refractivity contribution in [3.63, 3.8) is 0 Å². The van der Waals surface area contributed by atoms with Crippen LogP contribution in [0.15, 0.2) is 11.6 Å². The predicted octanol–water partition coefficient (Wildman–Crippen LogP) is 2.52. The fourth-order valence-corrected chi connectivity index (χ4v) is 3.68. The van der Waals surface area contributed by atoms with Crippen LogP contribution < -0.4 is 0 Å². The molecule has 1 saturated heterocycles. The van der Waals surface area contributed by atoms with E-state index in [2.05, 4.69) is 20.4 Å². The quantitative estimate of drug-likeness (QED) is 0.776. The van der Waals surface area contributed by atoms with E-state index in [-0.39, 0.29) is 9.80 Å². The fourth-order valence-electron chi connectivity index (χ4n) is 2.82. The summed E-state index contributed by atoms with van der Waals surface area (Å²) in [6.45, 7) is -2.25. The summed E-state index contributed by atoms with van der Waals surface area (Å²) in [6.07, 6.45) is 0.886. The number of nitrogens with zero attached hydrogens (tertiary/aromatic N) is 6. The largest absolute Gasteiger partial charge is 0.350 e. The average molecular weight is 350 g/mol. The smallest absolute Gasteiger partial charge is 0.280 e. The Labute approximate surface area is 133 Å². The molecule has 126 valence electrons. The summed E-state index contributed by atoms with van der Waals surface area (Å²) in [5.41, 5.74) is -2.04. The Kier molecular flexibility index (Phi) is 4.57. The highest BCUT2D eigenvalue weighted by Crippen LogP contribution is 2.42. The number of tetrazole rings is 1. The normalized spacial score (nSPS) is 19.4. The molecule has 0 spiro atoms. The van der Waals surface area contributed by atoms with Gasteiger partial charge in [0.15, 0.2) is 5.54 Å². The van der Waals surface area contributed by atoms with E-state index in [0.29, 0.717) is 13.1 Å². The van der Waals surface area contributed by atoms with Crippen LogP contribution in [-0.4, -0.2) is 49.6 Å². The van der Waals surface area contributed by atoms with E-state index in [1.807, 2.05) is 0 Å². The van der Waals surface area contributed by atoms with Crippen LogP contribution in [0.25, 0.3) is 0 Å². The van der Waals surface area contributed by atoms with Crippen molar-refractivity contribution in [3.8, 4) is 0 Å². The summed E-state index contributed by atoms with van der Waals surface area (Å²) in [5, 5.41) is 11.9. The van der Waals surface area contributed by atoms with Gasteiger partial charge in [-0.15, -0.1) is 21.5 Å². The number of alkyl halides is 4. The molecule has 0 aliphatic carbocycles. The molecule has 0 aromatic carbocycles. The van der Waals surface area contributed by atoms with Crippen LogP contribution in [-0.2, 0) is 5.54 Å². The highest BCUT2D eigenvalue weighted by molar-refractivity contribution is 7.09. The summed E-state index contributed by atoms with van der Waals surface area (Å²) in [4.78, 5) is 5.59. The van der Waals surface area contributed by atoms with E-state index < -0.39 is 24.3 Å². The monoisotopic (exact) mass is 350 g/mol. The topological polar surface area (TPSA) is 59.7 Å². The third-order valence-electron chi connectivity index (χ3n) is 3.87. The molecule has 3 heterocycles. The maximum Gasteiger partial charge on any atom is 0.350 e. The number of halogens is 4. The number of hydrogen-bond acceptors (Lipinski definition) is 6. The first kappa shape index (κ1) is 16.2. The van der Waals surface area contributed by atoms with Crippen LogP contribution in [0.1, 0.15) is 36.6 Å². The molecule has 0 amide bonds. The van der Waals surface area contributed by atoms with Gasteiger partial charge in [0.1, 0.15) is 5.01 Å². The third-order valence-corrected chi connectivity index (χ3v) is 4.77. The SMILES string of the molecule is FC(F)n1nnc(C(c2nccs2)(C(F)F)N2CCCCC2)n1. The van der Waals surface area contributed by atoms with Crippen molar-refractivity contribution in [1.82, 2.24) is 30.1 Å². The van der Waals surface area contributed by atoms with Crippen molar-refractivity contribution < 1.29 is 17.6 Å². The summed E-state index contributed by atoms with van der Waals surface area (Å²) in [7, 11) is 0. The Bertz CT molecular complexity index is 627. The van der Waals surface area contributed by atoms with Gasteiger partial charge in [0.2, 0.25) is 5.82 Å². The molecule has 2 aromatic rings. The third kappa shape index (κ3) is 2.71. The highest BCUT2D eigenvalue weighted by atomic mass is 32.1. The lowest BCUT2D eigenvalue weighted by Crippen LogP contribution is -2.54. The van der Waals surface area contributed by atoms with Crippen molar-refractivity contribution in [2.75, 3.05) is 13.1 Å². The minimum absolute atomic E-state index is 0.0457. The van der Waals surface area contributed by atoms with E-state index in [1.165, 1.54) is 11.1 Å². The van der Waals surface area contributed by atoms with Crippen LogP contribution in [0.3, 0.4) is 0 Å². The van der Waals surface area contributed by atoms with Gasteiger partial charge in [0, 0.05) is 11.6 Å². The van der Waals surface area contributed by atoms with Crippen molar-refractivity contribution in [1.29, 1.82) is 0 Å². The van der Waals surface area contributed by atoms with Gasteiger partial charge < -0.3 is 0 Å². The molecule has 0 radical (unpaired) electrons. The van der Waals surface area contributed by atoms with E-state index >= 15 is 0 Å². The molecule has 0 saturated carbocycles. The average Bonchev–Trinajstić information content (AvgIpc) is 3.21. The molecule has 0 N–H and O–H groups in total. The van der Waals surface area contributed by atoms with Crippen LogP contribution in [0.5, 0.6) is 0 Å². The molecule has 1 unspecified atom stereocenters. The second kappa shape index (κ2) is 6.48. The molecular formula is C12H14F4N6S. The van der Waals surface area contributed by atoms with Gasteiger partial charge in [0.25, 0.3) is 6.43 Å². The molecule has 0 bridgehead atoms. The molecule has 1 aliphatic rings. The van der Waals surface area contributed by atoms with Crippen LogP contribution >= 0.6 is 11.3 Å². The summed E-state index contributed by atoms with van der Waals surface area (Å²) in [5.74, 6) is -0.440. The second-order valence-electron chi connectivity index (χ2n) is 5.16. The number of likely N-dealkylation sites (tertiary alicyclic amines) is 1. The van der Waals surface area contributed by atoms with Gasteiger partial charge in [-0.3, -0.25) is 4.90 Å². The van der Waals surface area contributed by atoms with Gasteiger partial charge in [-0.1, -0.05) is 11.2 Å². The van der Waals surface area contributed by atoms with Crippen LogP contribution in [0.4, 0.5) is 17.6 Å². The highest BCUT2D eigenvalue weighted by Gasteiger charge is 2.54. The zero-order chi connectivity index (χ0) is 16.4. The maximum atomic E-state index is 14.2. The molecule has 1 aliphatic heterocycles. The molecule has 1 fully saturated rings. The molecule has 11 heteroatoms. The molecular weight excluding hydrogens is 336 g/mol. The van der Waals surface area contributed by atoms with Crippen LogP contribution in [0.2, 0.25) is 0 Å². The lowest BCUT2D eigenvalue weighted by atomic mass is 9.94. The van der Waals surface area contributed by atoms with Gasteiger partial charge in [-0.2, -0.15) is 8.78 Å². The Hall–Kier alpha value is -1.62. The molecule has 23 heavy (non-hydrogen) atoms. The van der Waals surface area contributed by atoms with E-state index in [1.54, 1.807) is 5.38 Å². The van der Waals surface area contributed by atoms with Crippen LogP contribution in [0, 0.1) is 0 Å². The minimum Gasteiger partial charge on any atom is -0.280 e. The van der Waals surface area contributed by atoms with Gasteiger partial charge in [-0.25, -0.2) is 13.8 Å². The number of piperidine rings is 1. The van der Waals surface area contributed by atoms with Gasteiger partial charge in [0.05, 0.1) is 0 Å². The number of hydrogen-bond donors (Lipinski definition) is 0. The van der Waals surface area contributed by atoms with E-state index in [9.17, 15) is 17.6 Å². The summed E-state index contributed by atoms with van der Waals surface area (Å²) in [6, 6.07) is 0. The Morgan fingerprint density at radius 3 is 2.39 bits per heavy atom. The zero-order valence-electron chi connectivity index (χ0n) is 11.9. The molecule has 1 atom stereocenters. The number of thiazole rings is 1. The molecule has 2 aromatic heterocycles. The van der Waals surface area contributed by atoms with Crippen molar-refractivity contribution >= 4 is 11.3 Å². The lowest BCUT2D eigenvalue weighted by molar-refractivity contribution is -0.0479. The lowest BCUT2D eigenvalue weighted by Gasteiger charge is -2.41. The zero-order valence-corrected chi connectivity index (χ0v) is 12.8. The first-order chi connectivity index (χ1) is 11.1. The minimum atomic E-state index is -3.04. The molecule has 3 rings (SSSR count). The van der Waals surface area contributed by atoms with E-state index in [0.717, 1.165) is 30.6 Å². The second-order valence-corrected chi connectivity index (χ2v) is 6.06. The maximum absolute atomic E-state index is 14.2. The van der Waals surface area contributed by atoms with Crippen molar-refractivity contribution in [2.45, 2.75) is 37.8 Å². The predicted molar refractivity (Wildman–Crippen MR) is 73.4 cm³/mol. The van der Waals surface area contributed by atoms with Crippen molar-refractivity contribution in [2.24, 2.45) is 0 Å². The molecule has 6 nitrogen and oxygen atoms in total. The Morgan fingerprint density at radius 1 is 1.13 bits per heavy atom. The number of rotatable bonds is 5. The first-order valence-corrected chi connectivity index (χ1v) is 7.96. The summed E-state index contributed by atoms with van der Waals surface area (Å²) >= 11 is 1.03. The number of aromatic nitrogens is 5. The summed E-state index contributed by atoms with van der Waals surface area (Å²) < 4.78 is 53.9. The van der Waals surface area contributed by atoms with Gasteiger partial charge >= 0.3 is 6.55 Å². The van der Waals surface area contributed by atoms with Gasteiger partial charge in [-0.05, 0) is 31.1 Å².